The van der Waals surface area contributed by atoms with Crippen LogP contribution < -0.4 is 10.1 Å². The van der Waals surface area contributed by atoms with Crippen molar-refractivity contribution in [3.8, 4) is 5.75 Å². The molecule has 1 saturated heterocycles. The summed E-state index contributed by atoms with van der Waals surface area (Å²) in [6.07, 6.45) is 3.04. The van der Waals surface area contributed by atoms with Crippen LogP contribution in [0.1, 0.15) is 31.7 Å². The molecule has 1 amide bonds. The Morgan fingerprint density at radius 3 is 3.00 bits per heavy atom. The molecule has 20 heavy (non-hydrogen) atoms. The Labute approximate surface area is 120 Å². The minimum atomic E-state index is -0.234. The number of nitrogens with one attached hydrogen (secondary N) is 1. The number of carbonyl (C=O) groups excluding carboxylic acids is 1. The number of benzene rings is 1. The predicted octanol–water partition coefficient (Wildman–Crippen LogP) is 1.94. The molecule has 2 aliphatic rings. The maximum absolute atomic E-state index is 11.9. The molecular formula is C16H22N2O2. The lowest BCUT2D eigenvalue weighted by atomic mass is 9.93. The van der Waals surface area contributed by atoms with Crippen molar-refractivity contribution >= 4 is 5.91 Å². The summed E-state index contributed by atoms with van der Waals surface area (Å²) >= 11 is 0. The van der Waals surface area contributed by atoms with Crippen LogP contribution in [0, 0.1) is 0 Å². The molecule has 1 atom stereocenters. The van der Waals surface area contributed by atoms with E-state index in [4.69, 9.17) is 4.74 Å². The van der Waals surface area contributed by atoms with Gasteiger partial charge in [0, 0.05) is 25.5 Å². The fourth-order valence-corrected chi connectivity index (χ4v) is 3.19. The summed E-state index contributed by atoms with van der Waals surface area (Å²) in [7, 11) is 0. The maximum Gasteiger partial charge on any atom is 0.219 e. The molecule has 1 N–H and O–H groups in total. The highest BCUT2D eigenvalue weighted by atomic mass is 16.5. The lowest BCUT2D eigenvalue weighted by molar-refractivity contribution is -0.132. The number of fused-ring (bicyclic) bond motifs is 1. The second-order valence-electron chi connectivity index (χ2n) is 5.87. The summed E-state index contributed by atoms with van der Waals surface area (Å²) in [5, 5.41) is 3.42. The van der Waals surface area contributed by atoms with Crippen LogP contribution in [0.3, 0.4) is 0 Å². The molecule has 108 valence electrons. The van der Waals surface area contributed by atoms with Crippen LogP contribution in [0.25, 0.3) is 0 Å². The van der Waals surface area contributed by atoms with Gasteiger partial charge in [0.1, 0.15) is 11.4 Å². The molecule has 1 spiro atoms. The first kappa shape index (κ1) is 13.4. The fourth-order valence-electron chi connectivity index (χ4n) is 3.19. The number of hydrogen-bond donors (Lipinski definition) is 1. The smallest absolute Gasteiger partial charge is 0.219 e. The second kappa shape index (κ2) is 5.44. The van der Waals surface area contributed by atoms with E-state index in [1.54, 1.807) is 6.92 Å². The van der Waals surface area contributed by atoms with E-state index < -0.39 is 0 Å². The lowest BCUT2D eigenvalue weighted by Gasteiger charge is -2.35. The zero-order valence-electron chi connectivity index (χ0n) is 12.0. The van der Waals surface area contributed by atoms with Gasteiger partial charge in [-0.2, -0.15) is 0 Å². The van der Waals surface area contributed by atoms with Crippen LogP contribution in [0.15, 0.2) is 24.3 Å². The number of carbonyl (C=O) groups is 1. The minimum absolute atomic E-state index is 0.127. The molecule has 0 aromatic heterocycles. The van der Waals surface area contributed by atoms with E-state index in [0.717, 1.165) is 43.7 Å². The highest BCUT2D eigenvalue weighted by Gasteiger charge is 2.38. The number of ether oxygens (including phenoxy) is 1. The molecular weight excluding hydrogens is 252 g/mol. The van der Waals surface area contributed by atoms with Gasteiger partial charge in [0.05, 0.1) is 6.54 Å². The molecule has 0 aliphatic carbocycles. The molecule has 1 unspecified atom stereocenters. The Kier molecular flexibility index (Phi) is 3.66. The first-order chi connectivity index (χ1) is 9.69. The fraction of sp³-hybridized carbons (Fsp3) is 0.562. The van der Waals surface area contributed by atoms with Gasteiger partial charge in [0.25, 0.3) is 0 Å². The number of hydrogen-bond acceptors (Lipinski definition) is 3. The highest BCUT2D eigenvalue weighted by molar-refractivity contribution is 5.73. The molecule has 1 fully saturated rings. The van der Waals surface area contributed by atoms with Crippen LogP contribution in [-0.2, 0) is 11.3 Å². The monoisotopic (exact) mass is 274 g/mol. The molecule has 3 rings (SSSR count). The van der Waals surface area contributed by atoms with Gasteiger partial charge in [-0.1, -0.05) is 18.2 Å². The van der Waals surface area contributed by atoms with E-state index in [-0.39, 0.29) is 11.5 Å². The van der Waals surface area contributed by atoms with E-state index in [1.165, 1.54) is 0 Å². The molecule has 2 heterocycles. The average molecular weight is 274 g/mol. The summed E-state index contributed by atoms with van der Waals surface area (Å²) in [5.41, 5.74) is 0.874. The van der Waals surface area contributed by atoms with Gasteiger partial charge in [0.2, 0.25) is 5.91 Å². The van der Waals surface area contributed by atoms with Gasteiger partial charge < -0.3 is 15.0 Å². The van der Waals surface area contributed by atoms with Gasteiger partial charge in [-0.05, 0) is 32.0 Å². The van der Waals surface area contributed by atoms with Crippen molar-refractivity contribution < 1.29 is 9.53 Å². The summed E-state index contributed by atoms with van der Waals surface area (Å²) in [4.78, 5) is 13.9. The Bertz CT molecular complexity index is 493. The quantitative estimate of drug-likeness (QED) is 0.786. The first-order valence-electron chi connectivity index (χ1n) is 7.42. The SMILES string of the molecule is CC(=O)N1Cc2ccccc2OC2(CCCNCC2)C1. The Balaban J connectivity index is 1.96. The maximum atomic E-state index is 11.9. The minimum Gasteiger partial charge on any atom is -0.485 e. The van der Waals surface area contributed by atoms with Gasteiger partial charge in [-0.3, -0.25) is 4.79 Å². The van der Waals surface area contributed by atoms with Crippen molar-refractivity contribution in [2.75, 3.05) is 19.6 Å². The molecule has 0 radical (unpaired) electrons. The van der Waals surface area contributed by atoms with Gasteiger partial charge in [0.15, 0.2) is 0 Å². The molecule has 4 heteroatoms. The van der Waals surface area contributed by atoms with Crippen LogP contribution in [0.5, 0.6) is 5.75 Å². The lowest BCUT2D eigenvalue weighted by Crippen LogP contribution is -2.47. The van der Waals surface area contributed by atoms with Crippen molar-refractivity contribution in [1.29, 1.82) is 0 Å². The number of nitrogens with zero attached hydrogens (tertiary/aromatic N) is 1. The Morgan fingerprint density at radius 1 is 1.30 bits per heavy atom. The van der Waals surface area contributed by atoms with Gasteiger partial charge in [-0.15, -0.1) is 0 Å². The molecule has 0 saturated carbocycles. The third kappa shape index (κ3) is 2.66. The Hall–Kier alpha value is -1.55. The molecule has 0 bridgehead atoms. The third-order valence-electron chi connectivity index (χ3n) is 4.33. The number of para-hydroxylation sites is 1. The van der Waals surface area contributed by atoms with E-state index in [0.29, 0.717) is 13.1 Å². The number of amides is 1. The topological polar surface area (TPSA) is 41.6 Å². The molecule has 1 aromatic rings. The van der Waals surface area contributed by atoms with Crippen LogP contribution in [0.2, 0.25) is 0 Å². The van der Waals surface area contributed by atoms with Gasteiger partial charge in [-0.25, -0.2) is 0 Å². The summed E-state index contributed by atoms with van der Waals surface area (Å²) in [6, 6.07) is 8.09. The first-order valence-corrected chi connectivity index (χ1v) is 7.42. The van der Waals surface area contributed by atoms with E-state index in [2.05, 4.69) is 11.4 Å². The number of rotatable bonds is 0. The molecule has 2 aliphatic heterocycles. The standard InChI is InChI=1S/C16H22N2O2/c1-13(19)18-11-14-5-2-3-6-15(14)20-16(12-18)7-4-9-17-10-8-16/h2-3,5-6,17H,4,7-12H2,1H3. The third-order valence-corrected chi connectivity index (χ3v) is 4.33. The van der Waals surface area contributed by atoms with Crippen molar-refractivity contribution in [3.63, 3.8) is 0 Å². The zero-order chi connectivity index (χ0) is 14.0. The van der Waals surface area contributed by atoms with E-state index in [9.17, 15) is 4.79 Å². The predicted molar refractivity (Wildman–Crippen MR) is 77.6 cm³/mol. The average Bonchev–Trinajstić information content (AvgIpc) is 2.75. The summed E-state index contributed by atoms with van der Waals surface area (Å²) in [5.74, 6) is 1.07. The summed E-state index contributed by atoms with van der Waals surface area (Å²) < 4.78 is 6.41. The van der Waals surface area contributed by atoms with Crippen LogP contribution >= 0.6 is 0 Å². The molecule has 1 aromatic carbocycles. The normalized spacial score (nSPS) is 26.4. The van der Waals surface area contributed by atoms with Crippen molar-refractivity contribution in [1.82, 2.24) is 10.2 Å². The van der Waals surface area contributed by atoms with Gasteiger partial charge >= 0.3 is 0 Å². The zero-order valence-corrected chi connectivity index (χ0v) is 12.0. The molecule has 4 nitrogen and oxygen atoms in total. The highest BCUT2D eigenvalue weighted by Crippen LogP contribution is 2.34. The van der Waals surface area contributed by atoms with Crippen molar-refractivity contribution in [2.24, 2.45) is 0 Å². The van der Waals surface area contributed by atoms with Crippen molar-refractivity contribution in [2.45, 2.75) is 38.3 Å². The largest absolute Gasteiger partial charge is 0.485 e. The summed E-state index contributed by atoms with van der Waals surface area (Å²) in [6.45, 7) is 4.98. The van der Waals surface area contributed by atoms with Crippen LogP contribution in [-0.4, -0.2) is 36.0 Å². The van der Waals surface area contributed by atoms with Crippen molar-refractivity contribution in [3.05, 3.63) is 29.8 Å². The van der Waals surface area contributed by atoms with E-state index in [1.807, 2.05) is 23.1 Å². The second-order valence-corrected chi connectivity index (χ2v) is 5.87. The van der Waals surface area contributed by atoms with Crippen LogP contribution in [0.4, 0.5) is 0 Å². The Morgan fingerprint density at radius 2 is 2.15 bits per heavy atom. The van der Waals surface area contributed by atoms with E-state index >= 15 is 0 Å².